The van der Waals surface area contributed by atoms with Crippen LogP contribution in [-0.4, -0.2) is 51.8 Å². The summed E-state index contributed by atoms with van der Waals surface area (Å²) < 4.78 is 27.4. The number of hydrogen-bond acceptors (Lipinski definition) is 7. The summed E-state index contributed by atoms with van der Waals surface area (Å²) >= 11 is 0. The molecule has 1 unspecified atom stereocenters. The molecule has 1 aromatic rings. The van der Waals surface area contributed by atoms with Crippen molar-refractivity contribution < 1.29 is 33.3 Å². The van der Waals surface area contributed by atoms with Crippen LogP contribution >= 0.6 is 0 Å². The van der Waals surface area contributed by atoms with Crippen LogP contribution in [0.1, 0.15) is 54.9 Å². The molecule has 7 heteroatoms. The van der Waals surface area contributed by atoms with Crippen molar-refractivity contribution >= 4 is 11.9 Å². The zero-order valence-corrected chi connectivity index (χ0v) is 19.9. The highest BCUT2D eigenvalue weighted by molar-refractivity contribution is 5.94. The van der Waals surface area contributed by atoms with Gasteiger partial charge in [0, 0.05) is 26.0 Å². The van der Waals surface area contributed by atoms with E-state index in [0.717, 1.165) is 31.2 Å². The number of esters is 2. The molecule has 0 radical (unpaired) electrons. The molecule has 1 aromatic carbocycles. The van der Waals surface area contributed by atoms with Gasteiger partial charge in [-0.1, -0.05) is 44.2 Å². The lowest BCUT2D eigenvalue weighted by atomic mass is 9.91. The van der Waals surface area contributed by atoms with Crippen LogP contribution in [0, 0.1) is 5.92 Å². The molecular formula is C26H36O7. The number of cyclic esters (lactones) is 1. The van der Waals surface area contributed by atoms with E-state index in [4.69, 9.17) is 23.7 Å². The minimum atomic E-state index is -0.498. The summed E-state index contributed by atoms with van der Waals surface area (Å²) in [4.78, 5) is 25.1. The first-order valence-corrected chi connectivity index (χ1v) is 11.4. The van der Waals surface area contributed by atoms with Crippen molar-refractivity contribution in [3.63, 3.8) is 0 Å². The van der Waals surface area contributed by atoms with Gasteiger partial charge >= 0.3 is 11.9 Å². The maximum atomic E-state index is 13.3. The van der Waals surface area contributed by atoms with Crippen molar-refractivity contribution in [1.29, 1.82) is 0 Å². The lowest BCUT2D eigenvalue weighted by Crippen LogP contribution is -2.31. The first-order chi connectivity index (χ1) is 16.0. The van der Waals surface area contributed by atoms with Gasteiger partial charge in [0.25, 0.3) is 0 Å². The normalized spacial score (nSPS) is 21.9. The fourth-order valence-electron chi connectivity index (χ4n) is 3.94. The van der Waals surface area contributed by atoms with Crippen molar-refractivity contribution in [2.45, 2.75) is 57.7 Å². The SMILES string of the molecule is C=CCOC(=O)C=CCC1C[C@@H](OCOC)[C@@H](C)CCCCc2cccc(OC)c2C(=O)O1. The van der Waals surface area contributed by atoms with Gasteiger partial charge < -0.3 is 23.7 Å². The Balaban J connectivity index is 2.29. The summed E-state index contributed by atoms with van der Waals surface area (Å²) in [5.74, 6) is -0.153. The fourth-order valence-corrected chi connectivity index (χ4v) is 3.94. The lowest BCUT2D eigenvalue weighted by molar-refractivity contribution is -0.136. The Morgan fingerprint density at radius 3 is 2.82 bits per heavy atom. The minimum absolute atomic E-state index is 0.141. The molecule has 33 heavy (non-hydrogen) atoms. The third-order valence-electron chi connectivity index (χ3n) is 5.69. The van der Waals surface area contributed by atoms with E-state index in [0.29, 0.717) is 24.2 Å². The largest absolute Gasteiger partial charge is 0.496 e. The molecule has 0 saturated heterocycles. The van der Waals surface area contributed by atoms with Crippen molar-refractivity contribution in [2.75, 3.05) is 27.6 Å². The topological polar surface area (TPSA) is 80.3 Å². The van der Waals surface area contributed by atoms with Crippen LogP contribution in [0.2, 0.25) is 0 Å². The molecule has 1 heterocycles. The molecule has 0 amide bonds. The van der Waals surface area contributed by atoms with Gasteiger partial charge in [0.15, 0.2) is 0 Å². The molecule has 7 nitrogen and oxygen atoms in total. The molecular weight excluding hydrogens is 424 g/mol. The van der Waals surface area contributed by atoms with Crippen molar-refractivity contribution in [1.82, 2.24) is 0 Å². The van der Waals surface area contributed by atoms with Gasteiger partial charge in [0.1, 0.15) is 30.8 Å². The van der Waals surface area contributed by atoms with Gasteiger partial charge in [-0.05, 0) is 36.8 Å². The van der Waals surface area contributed by atoms with Crippen LogP contribution in [0.25, 0.3) is 0 Å². The summed E-state index contributed by atoms with van der Waals surface area (Å²) in [6.07, 6.45) is 8.40. The molecule has 0 spiro atoms. The zero-order chi connectivity index (χ0) is 24.1. The molecule has 0 saturated carbocycles. The Labute approximate surface area is 196 Å². The second-order valence-electron chi connectivity index (χ2n) is 8.15. The Morgan fingerprint density at radius 1 is 1.27 bits per heavy atom. The summed E-state index contributed by atoms with van der Waals surface area (Å²) in [5, 5.41) is 0. The maximum Gasteiger partial charge on any atom is 0.342 e. The Kier molecular flexibility index (Phi) is 11.7. The molecule has 3 atom stereocenters. The van der Waals surface area contributed by atoms with Crippen LogP contribution in [-0.2, 0) is 30.2 Å². The third-order valence-corrected chi connectivity index (χ3v) is 5.69. The molecule has 1 aliphatic rings. The van der Waals surface area contributed by atoms with E-state index in [9.17, 15) is 9.59 Å². The number of ether oxygens (including phenoxy) is 5. The lowest BCUT2D eigenvalue weighted by Gasteiger charge is -2.29. The number of carbonyl (C=O) groups is 2. The van der Waals surface area contributed by atoms with Crippen molar-refractivity contribution in [2.24, 2.45) is 5.92 Å². The smallest absolute Gasteiger partial charge is 0.342 e. The van der Waals surface area contributed by atoms with Crippen LogP contribution in [0.4, 0.5) is 0 Å². The number of carbonyl (C=O) groups excluding carboxylic acids is 2. The van der Waals surface area contributed by atoms with E-state index >= 15 is 0 Å². The molecule has 1 aliphatic heterocycles. The molecule has 0 aliphatic carbocycles. The fraction of sp³-hybridized carbons (Fsp3) is 0.538. The quantitative estimate of drug-likeness (QED) is 0.230. The number of benzene rings is 1. The summed E-state index contributed by atoms with van der Waals surface area (Å²) in [6, 6.07) is 5.61. The monoisotopic (exact) mass is 460 g/mol. The highest BCUT2D eigenvalue weighted by Gasteiger charge is 2.28. The minimum Gasteiger partial charge on any atom is -0.496 e. The third kappa shape index (κ3) is 8.67. The van der Waals surface area contributed by atoms with Crippen molar-refractivity contribution in [3.05, 3.63) is 54.1 Å². The van der Waals surface area contributed by atoms with Gasteiger partial charge in [0.05, 0.1) is 13.2 Å². The molecule has 0 fully saturated rings. The van der Waals surface area contributed by atoms with Gasteiger partial charge in [0.2, 0.25) is 0 Å². The van der Waals surface area contributed by atoms with E-state index in [-0.39, 0.29) is 25.4 Å². The molecule has 0 bridgehead atoms. The van der Waals surface area contributed by atoms with Gasteiger partial charge in [-0.3, -0.25) is 0 Å². The molecule has 0 aromatic heterocycles. The zero-order valence-electron chi connectivity index (χ0n) is 19.9. The number of rotatable bonds is 9. The van der Waals surface area contributed by atoms with E-state index in [1.165, 1.54) is 12.2 Å². The van der Waals surface area contributed by atoms with E-state index in [1.54, 1.807) is 26.4 Å². The second-order valence-corrected chi connectivity index (χ2v) is 8.15. The standard InChI is InChI=1S/C26H36O7/c1-5-16-31-24(27)15-9-13-21-17-23(32-18-29-3)19(2)10-6-7-11-20-12-8-14-22(30-4)25(20)26(28)33-21/h5,8-9,12,14-15,19,21,23H,1,6-7,10-11,13,16-18H2,2-4H3/t19-,21?,23+/m0/s1. The maximum absolute atomic E-state index is 13.3. The van der Waals surface area contributed by atoms with Crippen LogP contribution < -0.4 is 4.74 Å². The highest BCUT2D eigenvalue weighted by atomic mass is 16.7. The van der Waals surface area contributed by atoms with E-state index in [2.05, 4.69) is 13.5 Å². The van der Waals surface area contributed by atoms with E-state index < -0.39 is 18.0 Å². The Bertz CT molecular complexity index is 802. The van der Waals surface area contributed by atoms with E-state index in [1.807, 2.05) is 12.1 Å². The average Bonchev–Trinajstić information content (AvgIpc) is 2.81. The highest BCUT2D eigenvalue weighted by Crippen LogP contribution is 2.29. The predicted octanol–water partition coefficient (Wildman–Crippen LogP) is 4.64. The first-order valence-electron chi connectivity index (χ1n) is 11.4. The van der Waals surface area contributed by atoms with Gasteiger partial charge in [-0.15, -0.1) is 0 Å². The Morgan fingerprint density at radius 2 is 2.09 bits per heavy atom. The van der Waals surface area contributed by atoms with Crippen molar-refractivity contribution in [3.8, 4) is 5.75 Å². The summed E-state index contributed by atoms with van der Waals surface area (Å²) in [5.41, 5.74) is 1.38. The molecule has 2 rings (SSSR count). The molecule has 182 valence electrons. The average molecular weight is 461 g/mol. The number of hydrogen-bond donors (Lipinski definition) is 0. The first kappa shape index (κ1) is 26.6. The second kappa shape index (κ2) is 14.5. The van der Waals surface area contributed by atoms with Crippen LogP contribution in [0.3, 0.4) is 0 Å². The van der Waals surface area contributed by atoms with Gasteiger partial charge in [-0.25, -0.2) is 9.59 Å². The summed E-state index contributed by atoms with van der Waals surface area (Å²) in [6.45, 7) is 5.97. The predicted molar refractivity (Wildman–Crippen MR) is 125 cm³/mol. The van der Waals surface area contributed by atoms with Crippen LogP contribution in [0.5, 0.6) is 5.75 Å². The molecule has 0 N–H and O–H groups in total. The number of aryl methyl sites for hydroxylation is 1. The Hall–Kier alpha value is -2.64. The summed E-state index contributed by atoms with van der Waals surface area (Å²) in [7, 11) is 3.13. The number of fused-ring (bicyclic) bond motifs is 1. The van der Waals surface area contributed by atoms with Crippen LogP contribution in [0.15, 0.2) is 43.0 Å². The van der Waals surface area contributed by atoms with Gasteiger partial charge in [-0.2, -0.15) is 0 Å². The number of methoxy groups -OCH3 is 2.